The molecule has 0 aromatic heterocycles. The third-order valence-electron chi connectivity index (χ3n) is 3.56. The van der Waals surface area contributed by atoms with E-state index in [1.165, 1.54) is 12.6 Å². The predicted molar refractivity (Wildman–Crippen MR) is 101 cm³/mol. The molecular formula is C20H19SSb. The predicted octanol–water partition coefficient (Wildman–Crippen LogP) is 3.07. The van der Waals surface area contributed by atoms with Crippen molar-refractivity contribution >= 4 is 42.5 Å². The fourth-order valence-electron chi connectivity index (χ4n) is 2.59. The van der Waals surface area contributed by atoms with Crippen LogP contribution in [-0.2, 0) is 5.75 Å². The Labute approximate surface area is 144 Å². The summed E-state index contributed by atoms with van der Waals surface area (Å²) in [5.41, 5.74) is 1.51. The Kier molecular flexibility index (Phi) is 5.64. The van der Waals surface area contributed by atoms with Crippen LogP contribution >= 0.6 is 11.8 Å². The quantitative estimate of drug-likeness (QED) is 0.580. The van der Waals surface area contributed by atoms with E-state index in [-0.39, 0.29) is 0 Å². The summed E-state index contributed by atoms with van der Waals surface area (Å²) in [6, 6.07) is 31.2. The first-order valence-electron chi connectivity index (χ1n) is 7.37. The maximum atomic E-state index is 2.36. The molecule has 0 spiro atoms. The van der Waals surface area contributed by atoms with E-state index in [1.807, 2.05) is 11.8 Å². The molecule has 0 saturated carbocycles. The van der Waals surface area contributed by atoms with Crippen LogP contribution in [0.25, 0.3) is 0 Å². The molecule has 2 heteroatoms. The summed E-state index contributed by atoms with van der Waals surface area (Å²) in [5.74, 6) is 1.09. The number of rotatable bonds is 5. The van der Waals surface area contributed by atoms with Crippen LogP contribution in [0.5, 0.6) is 0 Å². The summed E-state index contributed by atoms with van der Waals surface area (Å²) in [4.78, 5) is 0. The molecule has 0 aliphatic heterocycles. The molecule has 110 valence electrons. The zero-order valence-electron chi connectivity index (χ0n) is 12.6. The molecule has 0 radical (unpaired) electrons. The fraction of sp³-hybridized carbons (Fsp3) is 0.100. The summed E-state index contributed by atoms with van der Waals surface area (Å²) in [6.45, 7) is 0. The topological polar surface area (TPSA) is 0 Å². The number of thioether (sulfide) groups is 1. The van der Waals surface area contributed by atoms with Crippen LogP contribution in [0.4, 0.5) is 0 Å². The molecule has 3 aromatic rings. The molecule has 0 aliphatic carbocycles. The van der Waals surface area contributed by atoms with Gasteiger partial charge >= 0.3 is 145 Å². The van der Waals surface area contributed by atoms with Crippen molar-refractivity contribution in [3.05, 3.63) is 90.5 Å². The van der Waals surface area contributed by atoms with Gasteiger partial charge in [-0.15, -0.1) is 0 Å². The zero-order valence-corrected chi connectivity index (χ0v) is 16.0. The van der Waals surface area contributed by atoms with Gasteiger partial charge in [0, 0.05) is 0 Å². The van der Waals surface area contributed by atoms with E-state index in [4.69, 9.17) is 0 Å². The van der Waals surface area contributed by atoms with Gasteiger partial charge < -0.3 is 0 Å². The Morgan fingerprint density at radius 2 is 1.18 bits per heavy atom. The SMILES string of the molecule is CSCc1cccc[c]1[Sb]([c]1ccccc1)[c]1ccccc1. The molecule has 0 unspecified atom stereocenters. The average molecular weight is 413 g/mol. The first-order valence-corrected chi connectivity index (χ1v) is 12.6. The van der Waals surface area contributed by atoms with Crippen LogP contribution < -0.4 is 10.5 Å². The van der Waals surface area contributed by atoms with Gasteiger partial charge in [0.1, 0.15) is 0 Å². The van der Waals surface area contributed by atoms with Crippen molar-refractivity contribution in [2.75, 3.05) is 6.26 Å². The van der Waals surface area contributed by atoms with Crippen molar-refractivity contribution in [1.82, 2.24) is 0 Å². The first-order chi connectivity index (χ1) is 10.9. The van der Waals surface area contributed by atoms with Gasteiger partial charge in [-0.3, -0.25) is 0 Å². The van der Waals surface area contributed by atoms with E-state index in [0.717, 1.165) is 5.75 Å². The number of benzene rings is 3. The van der Waals surface area contributed by atoms with E-state index in [9.17, 15) is 0 Å². The second-order valence-electron chi connectivity index (χ2n) is 5.07. The summed E-state index contributed by atoms with van der Waals surface area (Å²) >= 11 is -0.0278. The Morgan fingerprint density at radius 3 is 1.73 bits per heavy atom. The van der Waals surface area contributed by atoms with Gasteiger partial charge in [-0.1, -0.05) is 0 Å². The molecule has 0 fully saturated rings. The van der Waals surface area contributed by atoms with E-state index >= 15 is 0 Å². The average Bonchev–Trinajstić information content (AvgIpc) is 2.59. The molecular weight excluding hydrogens is 394 g/mol. The van der Waals surface area contributed by atoms with E-state index in [0.29, 0.717) is 0 Å². The molecule has 0 atom stereocenters. The van der Waals surface area contributed by atoms with Crippen molar-refractivity contribution < 1.29 is 0 Å². The molecule has 0 aliphatic rings. The first kappa shape index (κ1) is 15.7. The van der Waals surface area contributed by atoms with Crippen molar-refractivity contribution in [3.8, 4) is 0 Å². The van der Waals surface area contributed by atoms with Gasteiger partial charge in [-0.2, -0.15) is 0 Å². The zero-order chi connectivity index (χ0) is 15.2. The van der Waals surface area contributed by atoms with Crippen molar-refractivity contribution in [3.63, 3.8) is 0 Å². The van der Waals surface area contributed by atoms with Crippen LogP contribution in [-0.4, -0.2) is 26.5 Å². The van der Waals surface area contributed by atoms with Gasteiger partial charge in [0.25, 0.3) is 0 Å². The molecule has 22 heavy (non-hydrogen) atoms. The molecule has 3 aromatic carbocycles. The summed E-state index contributed by atoms with van der Waals surface area (Å²) in [6.07, 6.45) is 2.18. The van der Waals surface area contributed by atoms with E-state index < -0.39 is 20.2 Å². The number of hydrogen-bond donors (Lipinski definition) is 0. The van der Waals surface area contributed by atoms with Crippen LogP contribution in [0, 0.1) is 0 Å². The maximum absolute atomic E-state index is 2.36. The second-order valence-corrected chi connectivity index (χ2v) is 12.2. The molecule has 0 amide bonds. The van der Waals surface area contributed by atoms with Crippen LogP contribution in [0.1, 0.15) is 5.56 Å². The molecule has 0 bridgehead atoms. The molecule has 0 nitrogen and oxygen atoms in total. The monoisotopic (exact) mass is 412 g/mol. The van der Waals surface area contributed by atoms with E-state index in [2.05, 4.69) is 91.2 Å². The summed E-state index contributed by atoms with van der Waals surface area (Å²) < 4.78 is 4.66. The minimum absolute atomic E-state index is 1.09. The Morgan fingerprint density at radius 1 is 0.682 bits per heavy atom. The second kappa shape index (κ2) is 7.90. The minimum atomic E-state index is -1.93. The fourth-order valence-corrected chi connectivity index (χ4v) is 10.5. The van der Waals surface area contributed by atoms with Crippen LogP contribution in [0.2, 0.25) is 0 Å². The van der Waals surface area contributed by atoms with Gasteiger partial charge in [0.15, 0.2) is 0 Å². The van der Waals surface area contributed by atoms with Crippen molar-refractivity contribution in [2.45, 2.75) is 5.75 Å². The van der Waals surface area contributed by atoms with Crippen LogP contribution in [0.15, 0.2) is 84.9 Å². The van der Waals surface area contributed by atoms with Gasteiger partial charge in [0.05, 0.1) is 0 Å². The van der Waals surface area contributed by atoms with Gasteiger partial charge in [0.2, 0.25) is 0 Å². The van der Waals surface area contributed by atoms with E-state index in [1.54, 1.807) is 3.51 Å². The molecule has 0 saturated heterocycles. The van der Waals surface area contributed by atoms with Crippen molar-refractivity contribution in [1.29, 1.82) is 0 Å². The normalized spacial score (nSPS) is 10.8. The Hall–Kier alpha value is -1.17. The Bertz CT molecular complexity index is 671. The Balaban J connectivity index is 2.15. The van der Waals surface area contributed by atoms with Crippen LogP contribution in [0.3, 0.4) is 0 Å². The van der Waals surface area contributed by atoms with Crippen molar-refractivity contribution in [2.24, 2.45) is 0 Å². The standard InChI is InChI=1S/C8H9S.2C6H5.Sb/c1-9-7-8-5-3-2-4-6-8;2*1-2-4-6-5-3-1;/h2-5H,7H2,1H3;2*1-5H;. The molecule has 3 rings (SSSR count). The van der Waals surface area contributed by atoms with Gasteiger partial charge in [-0.25, -0.2) is 0 Å². The third kappa shape index (κ3) is 3.59. The number of hydrogen-bond acceptors (Lipinski definition) is 1. The third-order valence-corrected chi connectivity index (χ3v) is 11.4. The summed E-state index contributed by atoms with van der Waals surface area (Å²) in [5, 5.41) is 0. The van der Waals surface area contributed by atoms with Gasteiger partial charge in [-0.05, 0) is 0 Å². The molecule has 0 heterocycles. The summed E-state index contributed by atoms with van der Waals surface area (Å²) in [7, 11) is 0. The molecule has 0 N–H and O–H groups in total.